The Labute approximate surface area is 98.6 Å². The summed E-state index contributed by atoms with van der Waals surface area (Å²) in [5.74, 6) is 5.25. The number of hydrogen-bond donors (Lipinski definition) is 2. The third-order valence-corrected chi connectivity index (χ3v) is 2.40. The zero-order chi connectivity index (χ0) is 12.3. The van der Waals surface area contributed by atoms with Crippen molar-refractivity contribution in [2.75, 3.05) is 0 Å². The van der Waals surface area contributed by atoms with Crippen LogP contribution < -0.4 is 16.0 Å². The number of carbonyl (C=O) groups excluding carboxylic acids is 1. The van der Waals surface area contributed by atoms with Crippen LogP contribution in [0, 0.1) is 0 Å². The molecule has 0 aliphatic carbocycles. The smallest absolute Gasteiger partial charge is 0.274 e. The second-order valence-electron chi connectivity index (χ2n) is 3.63. The van der Waals surface area contributed by atoms with Crippen molar-refractivity contribution >= 4 is 16.8 Å². The molecule has 2 aromatic rings. The SMILES string of the molecule is CC(Oc1ccc2cccnc2c1)C(=O)NN. The van der Waals surface area contributed by atoms with E-state index in [-0.39, 0.29) is 5.91 Å². The van der Waals surface area contributed by atoms with Gasteiger partial charge in [0.2, 0.25) is 0 Å². The minimum Gasteiger partial charge on any atom is -0.481 e. The van der Waals surface area contributed by atoms with Crippen molar-refractivity contribution < 1.29 is 9.53 Å². The molecule has 0 saturated heterocycles. The van der Waals surface area contributed by atoms with Gasteiger partial charge in [0.25, 0.3) is 5.91 Å². The molecule has 3 N–H and O–H groups in total. The molecule has 0 saturated carbocycles. The fourth-order valence-corrected chi connectivity index (χ4v) is 1.49. The summed E-state index contributed by atoms with van der Waals surface area (Å²) in [5, 5.41) is 1.02. The monoisotopic (exact) mass is 231 g/mol. The maximum atomic E-state index is 11.2. The topological polar surface area (TPSA) is 77.2 Å². The summed E-state index contributed by atoms with van der Waals surface area (Å²) < 4.78 is 5.44. The second-order valence-corrected chi connectivity index (χ2v) is 3.63. The van der Waals surface area contributed by atoms with Crippen LogP contribution in [0.15, 0.2) is 36.5 Å². The van der Waals surface area contributed by atoms with Crippen LogP contribution in [-0.2, 0) is 4.79 Å². The van der Waals surface area contributed by atoms with E-state index in [4.69, 9.17) is 10.6 Å². The van der Waals surface area contributed by atoms with Crippen LogP contribution in [0.3, 0.4) is 0 Å². The molecule has 5 heteroatoms. The first-order chi connectivity index (χ1) is 8.20. The third kappa shape index (κ3) is 2.51. The molecule has 88 valence electrons. The summed E-state index contributed by atoms with van der Waals surface area (Å²) in [7, 11) is 0. The zero-order valence-electron chi connectivity index (χ0n) is 9.38. The van der Waals surface area contributed by atoms with E-state index >= 15 is 0 Å². The van der Waals surface area contributed by atoms with Crippen LogP contribution in [0.1, 0.15) is 6.92 Å². The number of benzene rings is 1. The predicted octanol–water partition coefficient (Wildman–Crippen LogP) is 0.992. The Kier molecular flexibility index (Phi) is 3.20. The second kappa shape index (κ2) is 4.80. The van der Waals surface area contributed by atoms with Gasteiger partial charge in [-0.05, 0) is 25.1 Å². The average molecular weight is 231 g/mol. The van der Waals surface area contributed by atoms with E-state index < -0.39 is 6.10 Å². The number of ether oxygens (including phenoxy) is 1. The largest absolute Gasteiger partial charge is 0.481 e. The molecular formula is C12H13N3O2. The Morgan fingerprint density at radius 2 is 2.29 bits per heavy atom. The van der Waals surface area contributed by atoms with Gasteiger partial charge in [-0.25, -0.2) is 5.84 Å². The van der Waals surface area contributed by atoms with E-state index in [1.165, 1.54) is 0 Å². The Morgan fingerprint density at radius 1 is 1.47 bits per heavy atom. The van der Waals surface area contributed by atoms with Gasteiger partial charge in [-0.2, -0.15) is 0 Å². The first-order valence-electron chi connectivity index (χ1n) is 5.22. The van der Waals surface area contributed by atoms with Crippen LogP contribution in [-0.4, -0.2) is 17.0 Å². The molecule has 0 bridgehead atoms. The quantitative estimate of drug-likeness (QED) is 0.469. The van der Waals surface area contributed by atoms with E-state index in [9.17, 15) is 4.79 Å². The summed E-state index contributed by atoms with van der Waals surface area (Å²) in [6.45, 7) is 1.63. The maximum Gasteiger partial charge on any atom is 0.274 e. The van der Waals surface area contributed by atoms with E-state index in [0.29, 0.717) is 5.75 Å². The van der Waals surface area contributed by atoms with Gasteiger partial charge in [-0.15, -0.1) is 0 Å². The highest BCUT2D eigenvalue weighted by molar-refractivity contribution is 5.81. The van der Waals surface area contributed by atoms with E-state index in [1.807, 2.05) is 23.6 Å². The molecule has 1 unspecified atom stereocenters. The van der Waals surface area contributed by atoms with E-state index in [1.54, 1.807) is 25.3 Å². The summed E-state index contributed by atoms with van der Waals surface area (Å²) in [6, 6.07) is 9.31. The molecule has 17 heavy (non-hydrogen) atoms. The van der Waals surface area contributed by atoms with Crippen molar-refractivity contribution in [3.63, 3.8) is 0 Å². The van der Waals surface area contributed by atoms with E-state index in [0.717, 1.165) is 10.9 Å². The summed E-state index contributed by atoms with van der Waals surface area (Å²) in [6.07, 6.45) is 1.07. The molecule has 0 fully saturated rings. The molecule has 1 aromatic carbocycles. The summed E-state index contributed by atoms with van der Waals surface area (Å²) >= 11 is 0. The van der Waals surface area contributed by atoms with Gasteiger partial charge in [0, 0.05) is 17.6 Å². The maximum absolute atomic E-state index is 11.2. The molecule has 1 atom stereocenters. The molecule has 0 aliphatic heterocycles. The van der Waals surface area contributed by atoms with Crippen molar-refractivity contribution in [2.24, 2.45) is 5.84 Å². The lowest BCUT2D eigenvalue weighted by Gasteiger charge is -2.13. The van der Waals surface area contributed by atoms with Crippen LogP contribution in [0.4, 0.5) is 0 Å². The predicted molar refractivity (Wildman–Crippen MR) is 64.2 cm³/mol. The standard InChI is InChI=1S/C12H13N3O2/c1-8(12(16)15-13)17-10-5-4-9-3-2-6-14-11(9)7-10/h2-8H,13H2,1H3,(H,15,16). The fourth-order valence-electron chi connectivity index (χ4n) is 1.49. The number of hydrazine groups is 1. The third-order valence-electron chi connectivity index (χ3n) is 2.40. The highest BCUT2D eigenvalue weighted by atomic mass is 16.5. The van der Waals surface area contributed by atoms with Crippen molar-refractivity contribution in [3.8, 4) is 5.75 Å². The molecule has 0 radical (unpaired) electrons. The lowest BCUT2D eigenvalue weighted by molar-refractivity contribution is -0.127. The van der Waals surface area contributed by atoms with Crippen LogP contribution in [0.5, 0.6) is 5.75 Å². The van der Waals surface area contributed by atoms with Crippen molar-refractivity contribution in [1.82, 2.24) is 10.4 Å². The minimum absolute atomic E-state index is 0.369. The molecule has 1 aromatic heterocycles. The van der Waals surface area contributed by atoms with Crippen LogP contribution in [0.2, 0.25) is 0 Å². The molecule has 0 aliphatic rings. The van der Waals surface area contributed by atoms with Gasteiger partial charge in [-0.3, -0.25) is 15.2 Å². The Bertz CT molecular complexity index is 542. The molecule has 1 heterocycles. The molecule has 0 spiro atoms. The average Bonchev–Trinajstić information content (AvgIpc) is 2.37. The van der Waals surface area contributed by atoms with Gasteiger partial charge < -0.3 is 4.74 Å². The summed E-state index contributed by atoms with van der Waals surface area (Å²) in [5.41, 5.74) is 2.87. The Hall–Kier alpha value is -2.14. The van der Waals surface area contributed by atoms with Crippen LogP contribution >= 0.6 is 0 Å². The Balaban J connectivity index is 2.22. The molecule has 2 rings (SSSR count). The highest BCUT2D eigenvalue weighted by Gasteiger charge is 2.12. The number of pyridine rings is 1. The lowest BCUT2D eigenvalue weighted by Crippen LogP contribution is -2.40. The highest BCUT2D eigenvalue weighted by Crippen LogP contribution is 2.19. The number of nitrogens with zero attached hydrogens (tertiary/aromatic N) is 1. The number of nitrogens with two attached hydrogens (primary N) is 1. The molecular weight excluding hydrogens is 218 g/mol. The number of nitrogens with one attached hydrogen (secondary N) is 1. The normalized spacial score (nSPS) is 12.1. The van der Waals surface area contributed by atoms with Gasteiger partial charge in [0.1, 0.15) is 5.75 Å². The van der Waals surface area contributed by atoms with E-state index in [2.05, 4.69) is 4.98 Å². The Morgan fingerprint density at radius 3 is 3.06 bits per heavy atom. The van der Waals surface area contributed by atoms with Crippen molar-refractivity contribution in [3.05, 3.63) is 36.5 Å². The van der Waals surface area contributed by atoms with Crippen LogP contribution in [0.25, 0.3) is 10.9 Å². The number of hydrogen-bond acceptors (Lipinski definition) is 4. The first-order valence-corrected chi connectivity index (χ1v) is 5.22. The van der Waals surface area contributed by atoms with Gasteiger partial charge in [0.05, 0.1) is 5.52 Å². The van der Waals surface area contributed by atoms with Gasteiger partial charge in [-0.1, -0.05) is 6.07 Å². The number of carbonyl (C=O) groups is 1. The number of fused-ring (bicyclic) bond motifs is 1. The zero-order valence-corrected chi connectivity index (χ0v) is 9.38. The number of rotatable bonds is 3. The lowest BCUT2D eigenvalue weighted by atomic mass is 10.2. The number of amides is 1. The summed E-state index contributed by atoms with van der Waals surface area (Å²) in [4.78, 5) is 15.4. The first kappa shape index (κ1) is 11.3. The molecule has 5 nitrogen and oxygen atoms in total. The van der Waals surface area contributed by atoms with Gasteiger partial charge >= 0.3 is 0 Å². The molecule has 1 amide bonds. The fraction of sp³-hybridized carbons (Fsp3) is 0.167. The number of aromatic nitrogens is 1. The van der Waals surface area contributed by atoms with Gasteiger partial charge in [0.15, 0.2) is 6.10 Å². The van der Waals surface area contributed by atoms with Crippen molar-refractivity contribution in [1.29, 1.82) is 0 Å². The van der Waals surface area contributed by atoms with Crippen molar-refractivity contribution in [2.45, 2.75) is 13.0 Å². The minimum atomic E-state index is -0.638.